The van der Waals surface area contributed by atoms with Crippen LogP contribution in [0, 0.1) is 6.92 Å². The molecule has 0 amide bonds. The summed E-state index contributed by atoms with van der Waals surface area (Å²) in [7, 11) is -3.56. The van der Waals surface area contributed by atoms with E-state index in [1.54, 1.807) is 24.3 Å². The summed E-state index contributed by atoms with van der Waals surface area (Å²) >= 11 is 0. The number of hydrogen-bond acceptors (Lipinski definition) is 6. The number of morpholine rings is 1. The quantitative estimate of drug-likeness (QED) is 0.492. The van der Waals surface area contributed by atoms with Gasteiger partial charge in [0, 0.05) is 13.1 Å². The standard InChI is InChI=1S/C19H21N5O3S/c1-15-6-8-16(9-7-15)28(25,26)14-20-19(23-10-12-27-13-11-23)24-21-17-4-2-3-5-18(17)22-24/h2-9H,10-14H2,1H3/b20-19-. The Kier molecular flexibility index (Phi) is 5.10. The van der Waals surface area contributed by atoms with Crippen LogP contribution in [0.15, 0.2) is 58.4 Å². The van der Waals surface area contributed by atoms with Crippen LogP contribution in [0.5, 0.6) is 0 Å². The Morgan fingerprint density at radius 1 is 1.04 bits per heavy atom. The fourth-order valence-corrected chi connectivity index (χ4v) is 3.95. The maximum Gasteiger partial charge on any atom is 0.241 e. The van der Waals surface area contributed by atoms with Gasteiger partial charge >= 0.3 is 0 Å². The highest BCUT2D eigenvalue weighted by molar-refractivity contribution is 7.91. The number of rotatable bonds is 3. The second-order valence-electron chi connectivity index (χ2n) is 6.59. The zero-order valence-electron chi connectivity index (χ0n) is 15.5. The molecule has 1 fully saturated rings. The Morgan fingerprint density at radius 2 is 1.64 bits per heavy atom. The lowest BCUT2D eigenvalue weighted by Crippen LogP contribution is -2.45. The normalized spacial score (nSPS) is 15.9. The van der Waals surface area contributed by atoms with E-state index in [0.717, 1.165) is 16.6 Å². The minimum atomic E-state index is -3.56. The fourth-order valence-electron chi connectivity index (χ4n) is 2.97. The summed E-state index contributed by atoms with van der Waals surface area (Å²) < 4.78 is 30.9. The maximum atomic E-state index is 12.7. The van der Waals surface area contributed by atoms with Gasteiger partial charge in [-0.2, -0.15) is 0 Å². The lowest BCUT2D eigenvalue weighted by atomic mass is 10.2. The summed E-state index contributed by atoms with van der Waals surface area (Å²) in [4.78, 5) is 8.04. The molecule has 0 saturated carbocycles. The number of aryl methyl sites for hydroxylation is 1. The lowest BCUT2D eigenvalue weighted by Gasteiger charge is -2.28. The van der Waals surface area contributed by atoms with E-state index in [-0.39, 0.29) is 10.8 Å². The molecule has 0 aliphatic carbocycles. The van der Waals surface area contributed by atoms with Crippen molar-refractivity contribution in [3.63, 3.8) is 0 Å². The van der Waals surface area contributed by atoms with Gasteiger partial charge in [0.1, 0.15) is 16.9 Å². The first kappa shape index (κ1) is 18.6. The maximum absolute atomic E-state index is 12.7. The van der Waals surface area contributed by atoms with Crippen LogP contribution in [0.25, 0.3) is 11.0 Å². The predicted molar refractivity (Wildman–Crippen MR) is 106 cm³/mol. The Hall–Kier alpha value is -2.78. The predicted octanol–water partition coefficient (Wildman–Crippen LogP) is 1.71. The van der Waals surface area contributed by atoms with E-state index >= 15 is 0 Å². The summed E-state index contributed by atoms with van der Waals surface area (Å²) in [5, 5.41) is 8.94. The third-order valence-corrected chi connectivity index (χ3v) is 5.97. The van der Waals surface area contributed by atoms with E-state index in [1.807, 2.05) is 36.1 Å². The van der Waals surface area contributed by atoms with E-state index < -0.39 is 9.84 Å². The Balaban J connectivity index is 1.69. The van der Waals surface area contributed by atoms with Crippen LogP contribution in [-0.2, 0) is 14.6 Å². The Labute approximate surface area is 163 Å². The van der Waals surface area contributed by atoms with E-state index in [0.29, 0.717) is 32.3 Å². The molecule has 0 spiro atoms. The number of aromatic nitrogens is 3. The highest BCUT2D eigenvalue weighted by Crippen LogP contribution is 2.14. The number of ether oxygens (including phenoxy) is 1. The van der Waals surface area contributed by atoms with Crippen molar-refractivity contribution >= 4 is 26.8 Å². The zero-order valence-corrected chi connectivity index (χ0v) is 16.3. The SMILES string of the molecule is Cc1ccc(S(=O)(=O)C/N=C(/N2CCOCC2)n2nc3ccccc3n2)cc1. The molecule has 1 aliphatic rings. The third kappa shape index (κ3) is 3.90. The number of benzene rings is 2. The van der Waals surface area contributed by atoms with Crippen molar-refractivity contribution in [1.29, 1.82) is 0 Å². The van der Waals surface area contributed by atoms with Crippen LogP contribution in [0.3, 0.4) is 0 Å². The monoisotopic (exact) mass is 399 g/mol. The molecule has 0 unspecified atom stereocenters. The number of nitrogens with zero attached hydrogens (tertiary/aromatic N) is 5. The summed E-state index contributed by atoms with van der Waals surface area (Å²) in [5.41, 5.74) is 2.46. The van der Waals surface area contributed by atoms with Gasteiger partial charge in [0.15, 0.2) is 9.84 Å². The van der Waals surface area contributed by atoms with Crippen LogP contribution in [0.4, 0.5) is 0 Å². The highest BCUT2D eigenvalue weighted by atomic mass is 32.2. The van der Waals surface area contributed by atoms with E-state index in [9.17, 15) is 8.42 Å². The van der Waals surface area contributed by atoms with Crippen molar-refractivity contribution < 1.29 is 13.2 Å². The summed E-state index contributed by atoms with van der Waals surface area (Å²) in [6.07, 6.45) is 0. The highest BCUT2D eigenvalue weighted by Gasteiger charge is 2.21. The number of hydrogen-bond donors (Lipinski definition) is 0. The molecule has 0 radical (unpaired) electrons. The third-order valence-electron chi connectivity index (χ3n) is 4.52. The minimum Gasteiger partial charge on any atom is -0.378 e. The van der Waals surface area contributed by atoms with Crippen LogP contribution in [0.2, 0.25) is 0 Å². The molecular weight excluding hydrogens is 378 g/mol. The average molecular weight is 399 g/mol. The molecular formula is C19H21N5O3S. The van der Waals surface area contributed by atoms with Crippen molar-refractivity contribution in [2.45, 2.75) is 11.8 Å². The van der Waals surface area contributed by atoms with Gasteiger partial charge in [0.25, 0.3) is 0 Å². The van der Waals surface area contributed by atoms with Crippen molar-refractivity contribution in [1.82, 2.24) is 19.9 Å². The Morgan fingerprint density at radius 3 is 2.25 bits per heavy atom. The molecule has 0 atom stereocenters. The second kappa shape index (κ2) is 7.69. The van der Waals surface area contributed by atoms with E-state index in [1.165, 1.54) is 4.80 Å². The minimum absolute atomic E-state index is 0.252. The number of fused-ring (bicyclic) bond motifs is 1. The van der Waals surface area contributed by atoms with Gasteiger partial charge in [-0.15, -0.1) is 15.0 Å². The van der Waals surface area contributed by atoms with Gasteiger partial charge < -0.3 is 9.64 Å². The van der Waals surface area contributed by atoms with Gasteiger partial charge in [-0.25, -0.2) is 13.4 Å². The number of aliphatic imine (C=N–C) groups is 1. The summed E-state index contributed by atoms with van der Waals surface area (Å²) in [5.74, 6) is 0.0378. The van der Waals surface area contributed by atoms with Crippen molar-refractivity contribution in [3.8, 4) is 0 Å². The molecule has 0 N–H and O–H groups in total. The molecule has 1 aromatic heterocycles. The molecule has 4 rings (SSSR count). The van der Waals surface area contributed by atoms with Gasteiger partial charge in [0.05, 0.1) is 18.1 Å². The molecule has 2 heterocycles. The molecule has 9 heteroatoms. The van der Waals surface area contributed by atoms with E-state index in [4.69, 9.17) is 4.74 Å². The topological polar surface area (TPSA) is 89.7 Å². The van der Waals surface area contributed by atoms with E-state index in [2.05, 4.69) is 15.2 Å². The molecule has 28 heavy (non-hydrogen) atoms. The van der Waals surface area contributed by atoms with Crippen molar-refractivity contribution in [2.24, 2.45) is 4.99 Å². The lowest BCUT2D eigenvalue weighted by molar-refractivity contribution is 0.0660. The van der Waals surface area contributed by atoms with Crippen LogP contribution < -0.4 is 0 Å². The van der Waals surface area contributed by atoms with Gasteiger partial charge in [-0.05, 0) is 31.2 Å². The molecule has 146 valence electrons. The molecule has 3 aromatic rings. The van der Waals surface area contributed by atoms with Gasteiger partial charge in [0.2, 0.25) is 5.96 Å². The fraction of sp³-hybridized carbons (Fsp3) is 0.316. The summed E-state index contributed by atoms with van der Waals surface area (Å²) in [6, 6.07) is 14.3. The Bertz CT molecular complexity index is 1070. The average Bonchev–Trinajstić information content (AvgIpc) is 3.13. The van der Waals surface area contributed by atoms with Crippen LogP contribution in [0.1, 0.15) is 5.56 Å². The first-order valence-corrected chi connectivity index (χ1v) is 10.7. The number of sulfone groups is 1. The smallest absolute Gasteiger partial charge is 0.241 e. The first-order valence-electron chi connectivity index (χ1n) is 9.02. The molecule has 2 aromatic carbocycles. The molecule has 1 aliphatic heterocycles. The van der Waals surface area contributed by atoms with Crippen molar-refractivity contribution in [3.05, 3.63) is 54.1 Å². The molecule has 8 nitrogen and oxygen atoms in total. The summed E-state index contributed by atoms with van der Waals surface area (Å²) in [6.45, 7) is 4.21. The molecule has 0 bridgehead atoms. The van der Waals surface area contributed by atoms with Crippen molar-refractivity contribution in [2.75, 3.05) is 32.2 Å². The second-order valence-corrected chi connectivity index (χ2v) is 8.55. The van der Waals surface area contributed by atoms with Crippen LogP contribution in [-0.4, -0.2) is 66.5 Å². The zero-order chi connectivity index (χ0) is 19.6. The van der Waals surface area contributed by atoms with Gasteiger partial charge in [-0.3, -0.25) is 0 Å². The largest absolute Gasteiger partial charge is 0.378 e. The van der Waals surface area contributed by atoms with Gasteiger partial charge in [-0.1, -0.05) is 29.8 Å². The first-order chi connectivity index (χ1) is 13.5. The van der Waals surface area contributed by atoms with Crippen LogP contribution >= 0.6 is 0 Å². The molecule has 1 saturated heterocycles.